The summed E-state index contributed by atoms with van der Waals surface area (Å²) in [5.41, 5.74) is 0.987. The fourth-order valence-electron chi connectivity index (χ4n) is 2.54. The zero-order valence-electron chi connectivity index (χ0n) is 12.7. The van der Waals surface area contributed by atoms with Crippen molar-refractivity contribution in [2.45, 2.75) is 45.6 Å². The van der Waals surface area contributed by atoms with E-state index in [1.54, 1.807) is 19.1 Å². The summed E-state index contributed by atoms with van der Waals surface area (Å²) in [6, 6.07) is 3.46. The van der Waals surface area contributed by atoms with Crippen LogP contribution in [0.25, 0.3) is 0 Å². The molecule has 1 aliphatic heterocycles. The highest BCUT2D eigenvalue weighted by atomic mass is 16.5. The first kappa shape index (κ1) is 15.5. The first-order valence-electron chi connectivity index (χ1n) is 7.50. The second-order valence-corrected chi connectivity index (χ2v) is 5.45. The van der Waals surface area contributed by atoms with Crippen LogP contribution in [-0.2, 0) is 4.79 Å². The van der Waals surface area contributed by atoms with Crippen molar-refractivity contribution in [1.29, 1.82) is 0 Å². The summed E-state index contributed by atoms with van der Waals surface area (Å²) in [4.78, 5) is 29.4. The van der Waals surface area contributed by atoms with Crippen LogP contribution >= 0.6 is 0 Å². The number of aldehydes is 1. The van der Waals surface area contributed by atoms with Crippen molar-refractivity contribution in [1.82, 2.24) is 9.88 Å². The Morgan fingerprint density at radius 2 is 1.95 bits per heavy atom. The third-order valence-corrected chi connectivity index (χ3v) is 3.71. The number of ether oxygens (including phenoxy) is 1. The molecule has 0 radical (unpaired) electrons. The van der Waals surface area contributed by atoms with Gasteiger partial charge in [0.15, 0.2) is 12.4 Å². The molecule has 5 nitrogen and oxygen atoms in total. The molecule has 0 spiro atoms. The van der Waals surface area contributed by atoms with Crippen LogP contribution < -0.4 is 4.74 Å². The molecule has 21 heavy (non-hydrogen) atoms. The Labute approximate surface area is 125 Å². The maximum absolute atomic E-state index is 12.4. The van der Waals surface area contributed by atoms with E-state index >= 15 is 0 Å². The van der Waals surface area contributed by atoms with Crippen molar-refractivity contribution >= 4 is 12.2 Å². The lowest BCUT2D eigenvalue weighted by Gasteiger charge is -2.24. The van der Waals surface area contributed by atoms with Gasteiger partial charge in [0.1, 0.15) is 11.4 Å². The number of hydrogen-bond donors (Lipinski definition) is 0. The first-order chi connectivity index (χ1) is 10.1. The highest BCUT2D eigenvalue weighted by molar-refractivity contribution is 5.82. The molecule has 2 heterocycles. The summed E-state index contributed by atoms with van der Waals surface area (Å²) in [5.74, 6) is 0.348. The summed E-state index contributed by atoms with van der Waals surface area (Å²) in [5, 5.41) is 0. The maximum Gasteiger partial charge on any atom is 0.263 e. The average Bonchev–Trinajstić information content (AvgIpc) is 2.77. The van der Waals surface area contributed by atoms with Crippen molar-refractivity contribution in [3.8, 4) is 5.75 Å². The minimum absolute atomic E-state index is 0.0191. The average molecular weight is 290 g/mol. The van der Waals surface area contributed by atoms with E-state index in [9.17, 15) is 9.59 Å². The van der Waals surface area contributed by atoms with Crippen LogP contribution in [0.2, 0.25) is 0 Å². The van der Waals surface area contributed by atoms with E-state index in [1.165, 1.54) is 12.8 Å². The van der Waals surface area contributed by atoms with Crippen LogP contribution in [0.3, 0.4) is 0 Å². The molecule has 0 saturated carbocycles. The third-order valence-electron chi connectivity index (χ3n) is 3.71. The second-order valence-electron chi connectivity index (χ2n) is 5.45. The van der Waals surface area contributed by atoms with Gasteiger partial charge in [-0.15, -0.1) is 0 Å². The number of carbonyl (C=O) groups is 2. The van der Waals surface area contributed by atoms with Gasteiger partial charge >= 0.3 is 0 Å². The van der Waals surface area contributed by atoms with Gasteiger partial charge < -0.3 is 9.64 Å². The Hall–Kier alpha value is -1.91. The Balaban J connectivity index is 2.04. The molecule has 0 aromatic carbocycles. The first-order valence-corrected chi connectivity index (χ1v) is 7.50. The summed E-state index contributed by atoms with van der Waals surface area (Å²) < 4.78 is 5.66. The van der Waals surface area contributed by atoms with Crippen LogP contribution in [0.5, 0.6) is 5.75 Å². The van der Waals surface area contributed by atoms with Gasteiger partial charge in [-0.05, 0) is 38.8 Å². The topological polar surface area (TPSA) is 59.5 Å². The molecule has 5 heteroatoms. The number of carbonyl (C=O) groups excluding carboxylic acids is 2. The van der Waals surface area contributed by atoms with Crippen molar-refractivity contribution in [2.75, 3.05) is 13.1 Å². The maximum atomic E-state index is 12.4. The largest absolute Gasteiger partial charge is 0.478 e. The molecular formula is C16H22N2O3. The molecule has 1 fully saturated rings. The number of likely N-dealkylation sites (tertiary alicyclic amines) is 1. The van der Waals surface area contributed by atoms with Crippen molar-refractivity contribution < 1.29 is 14.3 Å². The minimum Gasteiger partial charge on any atom is -0.478 e. The molecule has 1 aromatic heterocycles. The lowest BCUT2D eigenvalue weighted by molar-refractivity contribution is -0.137. The zero-order valence-corrected chi connectivity index (χ0v) is 12.7. The molecule has 0 N–H and O–H groups in total. The SMILES string of the molecule is Cc1ccc(OC(C)C(=O)N2CCCCCC2)c(C=O)n1. The van der Waals surface area contributed by atoms with Gasteiger partial charge in [-0.2, -0.15) is 0 Å². The molecule has 1 amide bonds. The van der Waals surface area contributed by atoms with Gasteiger partial charge in [-0.3, -0.25) is 9.59 Å². The lowest BCUT2D eigenvalue weighted by Crippen LogP contribution is -2.41. The number of amides is 1. The van der Waals surface area contributed by atoms with Gasteiger partial charge in [-0.25, -0.2) is 4.98 Å². The Morgan fingerprint density at radius 1 is 1.29 bits per heavy atom. The molecular weight excluding hydrogens is 268 g/mol. The highest BCUT2D eigenvalue weighted by Gasteiger charge is 2.23. The molecule has 2 rings (SSSR count). The summed E-state index contributed by atoms with van der Waals surface area (Å²) >= 11 is 0. The summed E-state index contributed by atoms with van der Waals surface area (Å²) in [6.07, 6.45) is 4.50. The predicted molar refractivity (Wildman–Crippen MR) is 79.5 cm³/mol. The van der Waals surface area contributed by atoms with Crippen LogP contribution in [0.1, 0.15) is 48.8 Å². The molecule has 1 saturated heterocycles. The van der Waals surface area contributed by atoms with E-state index in [-0.39, 0.29) is 11.6 Å². The number of aromatic nitrogens is 1. The van der Waals surface area contributed by atoms with Gasteiger partial charge in [0.2, 0.25) is 0 Å². The Kier molecular flexibility index (Phi) is 5.31. The van der Waals surface area contributed by atoms with Gasteiger partial charge in [-0.1, -0.05) is 12.8 Å². The lowest BCUT2D eigenvalue weighted by atomic mass is 10.2. The summed E-state index contributed by atoms with van der Waals surface area (Å²) in [6.45, 7) is 5.11. The van der Waals surface area contributed by atoms with E-state index in [2.05, 4.69) is 4.98 Å². The third kappa shape index (κ3) is 4.03. The fourth-order valence-corrected chi connectivity index (χ4v) is 2.54. The number of aryl methyl sites for hydroxylation is 1. The number of rotatable bonds is 4. The highest BCUT2D eigenvalue weighted by Crippen LogP contribution is 2.18. The monoisotopic (exact) mass is 290 g/mol. The van der Waals surface area contributed by atoms with Crippen LogP contribution in [0.4, 0.5) is 0 Å². The minimum atomic E-state index is -0.605. The zero-order chi connectivity index (χ0) is 15.2. The number of nitrogens with zero attached hydrogens (tertiary/aromatic N) is 2. The van der Waals surface area contributed by atoms with Gasteiger partial charge in [0.05, 0.1) is 0 Å². The second kappa shape index (κ2) is 7.20. The normalized spacial score (nSPS) is 17.0. The molecule has 1 atom stereocenters. The molecule has 0 aliphatic carbocycles. The van der Waals surface area contributed by atoms with E-state index < -0.39 is 6.10 Å². The molecule has 114 valence electrons. The molecule has 1 aliphatic rings. The smallest absolute Gasteiger partial charge is 0.263 e. The van der Waals surface area contributed by atoms with Crippen LogP contribution in [0, 0.1) is 6.92 Å². The standard InChI is InChI=1S/C16H22N2O3/c1-12-7-8-15(14(11-19)17-12)21-13(2)16(20)18-9-5-3-4-6-10-18/h7-8,11,13H,3-6,9-10H2,1-2H3. The number of pyridine rings is 1. The molecule has 1 unspecified atom stereocenters. The fraction of sp³-hybridized carbons (Fsp3) is 0.562. The Bertz CT molecular complexity index is 508. The van der Waals surface area contributed by atoms with Crippen molar-refractivity contribution in [2.24, 2.45) is 0 Å². The van der Waals surface area contributed by atoms with Crippen molar-refractivity contribution in [3.05, 3.63) is 23.5 Å². The predicted octanol–water partition coefficient (Wildman–Crippen LogP) is 2.37. The summed E-state index contributed by atoms with van der Waals surface area (Å²) in [7, 11) is 0. The Morgan fingerprint density at radius 3 is 2.57 bits per heavy atom. The van der Waals surface area contributed by atoms with Crippen LogP contribution in [0.15, 0.2) is 12.1 Å². The number of hydrogen-bond acceptors (Lipinski definition) is 4. The molecule has 1 aromatic rings. The van der Waals surface area contributed by atoms with E-state index in [1.807, 2.05) is 11.8 Å². The van der Waals surface area contributed by atoms with E-state index in [0.29, 0.717) is 12.0 Å². The van der Waals surface area contributed by atoms with E-state index in [0.717, 1.165) is 31.6 Å². The van der Waals surface area contributed by atoms with Crippen LogP contribution in [-0.4, -0.2) is 41.3 Å². The van der Waals surface area contributed by atoms with Gasteiger partial charge in [0.25, 0.3) is 5.91 Å². The van der Waals surface area contributed by atoms with Gasteiger partial charge in [0, 0.05) is 18.8 Å². The van der Waals surface area contributed by atoms with E-state index in [4.69, 9.17) is 4.74 Å². The van der Waals surface area contributed by atoms with Crippen molar-refractivity contribution in [3.63, 3.8) is 0 Å². The molecule has 0 bridgehead atoms. The quantitative estimate of drug-likeness (QED) is 0.799.